The molecule has 0 aliphatic carbocycles. The van der Waals surface area contributed by atoms with Gasteiger partial charge in [0.2, 0.25) is 0 Å². The van der Waals surface area contributed by atoms with E-state index in [1.165, 1.54) is 19.4 Å². The van der Waals surface area contributed by atoms with Gasteiger partial charge in [-0.1, -0.05) is 0 Å². The smallest absolute Gasteiger partial charge is 0.0219 e. The number of hydrogen-bond acceptors (Lipinski definition) is 3. The maximum absolute atomic E-state index is 5.57. The predicted molar refractivity (Wildman–Crippen MR) is 42.7 cm³/mol. The van der Waals surface area contributed by atoms with E-state index >= 15 is 0 Å². The monoisotopic (exact) mass is 143 g/mol. The molecule has 10 heavy (non-hydrogen) atoms. The number of nitrogens with zero attached hydrogens (tertiary/aromatic N) is 1. The quantitative estimate of drug-likeness (QED) is 0.553. The Balaban J connectivity index is 2.27. The van der Waals surface area contributed by atoms with Crippen LogP contribution in [-0.2, 0) is 0 Å². The van der Waals surface area contributed by atoms with E-state index in [9.17, 15) is 0 Å². The summed E-state index contributed by atoms with van der Waals surface area (Å²) < 4.78 is 0. The Labute approximate surface area is 62.4 Å². The fourth-order valence-corrected chi connectivity index (χ4v) is 1.62. The van der Waals surface area contributed by atoms with Crippen LogP contribution >= 0.6 is 0 Å². The average molecular weight is 143 g/mol. The van der Waals surface area contributed by atoms with E-state index in [2.05, 4.69) is 4.90 Å². The van der Waals surface area contributed by atoms with Crippen molar-refractivity contribution in [2.75, 3.05) is 26.2 Å². The van der Waals surface area contributed by atoms with Gasteiger partial charge in [0.1, 0.15) is 0 Å². The van der Waals surface area contributed by atoms with Crippen molar-refractivity contribution >= 4 is 0 Å². The molecule has 1 aliphatic heterocycles. The van der Waals surface area contributed by atoms with Crippen LogP contribution in [0, 0.1) is 0 Å². The van der Waals surface area contributed by atoms with Crippen LogP contribution in [0.2, 0.25) is 0 Å². The van der Waals surface area contributed by atoms with Crippen LogP contribution in [0.4, 0.5) is 0 Å². The highest BCUT2D eigenvalue weighted by molar-refractivity contribution is 4.79. The molecule has 1 atom stereocenters. The zero-order chi connectivity index (χ0) is 7.40. The van der Waals surface area contributed by atoms with Crippen LogP contribution in [-0.4, -0.2) is 37.1 Å². The molecule has 1 heterocycles. The first-order valence-corrected chi connectivity index (χ1v) is 4.02. The van der Waals surface area contributed by atoms with Gasteiger partial charge in [-0.15, -0.1) is 0 Å². The summed E-state index contributed by atoms with van der Waals surface area (Å²) in [6.45, 7) is 3.76. The van der Waals surface area contributed by atoms with E-state index in [4.69, 9.17) is 11.5 Å². The summed E-state index contributed by atoms with van der Waals surface area (Å²) in [4.78, 5) is 2.39. The molecule has 0 aromatic rings. The Kier molecular flexibility index (Phi) is 3.12. The zero-order valence-electron chi connectivity index (χ0n) is 6.42. The Morgan fingerprint density at radius 3 is 2.80 bits per heavy atom. The minimum Gasteiger partial charge on any atom is -0.329 e. The zero-order valence-corrected chi connectivity index (χ0v) is 6.42. The number of rotatable bonds is 3. The summed E-state index contributed by atoms with van der Waals surface area (Å²) in [6, 6.07) is 0.614. The van der Waals surface area contributed by atoms with Gasteiger partial charge in [0.25, 0.3) is 0 Å². The van der Waals surface area contributed by atoms with Crippen molar-refractivity contribution in [1.82, 2.24) is 4.90 Å². The van der Waals surface area contributed by atoms with E-state index in [1.807, 2.05) is 0 Å². The summed E-state index contributed by atoms with van der Waals surface area (Å²) >= 11 is 0. The van der Waals surface area contributed by atoms with Crippen molar-refractivity contribution in [3.8, 4) is 0 Å². The highest BCUT2D eigenvalue weighted by Crippen LogP contribution is 2.14. The normalized spacial score (nSPS) is 27.6. The van der Waals surface area contributed by atoms with Crippen molar-refractivity contribution in [3.05, 3.63) is 0 Å². The Hall–Kier alpha value is -0.120. The second kappa shape index (κ2) is 3.91. The lowest BCUT2D eigenvalue weighted by atomic mass is 10.2. The van der Waals surface area contributed by atoms with Crippen molar-refractivity contribution in [2.24, 2.45) is 11.5 Å². The van der Waals surface area contributed by atoms with E-state index in [-0.39, 0.29) is 0 Å². The third-order valence-electron chi connectivity index (χ3n) is 2.19. The van der Waals surface area contributed by atoms with Crippen LogP contribution in [0.1, 0.15) is 12.8 Å². The first-order valence-electron chi connectivity index (χ1n) is 4.02. The highest BCUT2D eigenvalue weighted by atomic mass is 15.2. The van der Waals surface area contributed by atoms with Crippen molar-refractivity contribution in [1.29, 1.82) is 0 Å². The van der Waals surface area contributed by atoms with Crippen LogP contribution in [0.3, 0.4) is 0 Å². The molecule has 0 aromatic heterocycles. The molecule has 0 amide bonds. The van der Waals surface area contributed by atoms with E-state index in [0.717, 1.165) is 19.6 Å². The van der Waals surface area contributed by atoms with Gasteiger partial charge in [-0.25, -0.2) is 0 Å². The molecular formula is C7H17N3. The van der Waals surface area contributed by atoms with Gasteiger partial charge in [0.15, 0.2) is 0 Å². The van der Waals surface area contributed by atoms with Gasteiger partial charge in [-0.05, 0) is 19.4 Å². The Morgan fingerprint density at radius 2 is 2.20 bits per heavy atom. The number of hydrogen-bond donors (Lipinski definition) is 2. The number of nitrogens with two attached hydrogens (primary N) is 2. The lowest BCUT2D eigenvalue weighted by molar-refractivity contribution is 0.266. The van der Waals surface area contributed by atoms with Crippen LogP contribution < -0.4 is 11.5 Å². The van der Waals surface area contributed by atoms with Crippen molar-refractivity contribution < 1.29 is 0 Å². The first-order chi connectivity index (χ1) is 4.88. The fourth-order valence-electron chi connectivity index (χ4n) is 1.62. The van der Waals surface area contributed by atoms with Gasteiger partial charge in [-0.2, -0.15) is 0 Å². The molecule has 0 aromatic carbocycles. The average Bonchev–Trinajstić information content (AvgIpc) is 2.36. The summed E-state index contributed by atoms with van der Waals surface area (Å²) in [7, 11) is 0. The minimum atomic E-state index is 0.614. The summed E-state index contributed by atoms with van der Waals surface area (Å²) in [6.07, 6.45) is 2.55. The van der Waals surface area contributed by atoms with Crippen LogP contribution in [0.5, 0.6) is 0 Å². The van der Waals surface area contributed by atoms with E-state index in [0.29, 0.717) is 6.04 Å². The predicted octanol–water partition coefficient (Wildman–Crippen LogP) is -0.632. The SMILES string of the molecule is NCCN1CCCC1CN. The van der Waals surface area contributed by atoms with E-state index < -0.39 is 0 Å². The largest absolute Gasteiger partial charge is 0.329 e. The lowest BCUT2D eigenvalue weighted by Gasteiger charge is -2.21. The molecule has 1 rings (SSSR count). The second-order valence-corrected chi connectivity index (χ2v) is 2.86. The molecule has 0 spiro atoms. The third-order valence-corrected chi connectivity index (χ3v) is 2.19. The van der Waals surface area contributed by atoms with Crippen LogP contribution in [0.25, 0.3) is 0 Å². The van der Waals surface area contributed by atoms with Gasteiger partial charge in [0.05, 0.1) is 0 Å². The molecule has 60 valence electrons. The molecular weight excluding hydrogens is 126 g/mol. The van der Waals surface area contributed by atoms with Gasteiger partial charge < -0.3 is 11.5 Å². The van der Waals surface area contributed by atoms with Crippen LogP contribution in [0.15, 0.2) is 0 Å². The molecule has 1 saturated heterocycles. The maximum atomic E-state index is 5.57. The van der Waals surface area contributed by atoms with Crippen molar-refractivity contribution in [3.63, 3.8) is 0 Å². The molecule has 1 fully saturated rings. The molecule has 0 bridgehead atoms. The third kappa shape index (κ3) is 1.68. The molecule has 0 saturated carbocycles. The van der Waals surface area contributed by atoms with Gasteiger partial charge in [-0.3, -0.25) is 4.90 Å². The molecule has 1 unspecified atom stereocenters. The van der Waals surface area contributed by atoms with Crippen molar-refractivity contribution in [2.45, 2.75) is 18.9 Å². The standard InChI is InChI=1S/C7H17N3/c8-3-5-10-4-1-2-7(10)6-9/h7H,1-6,8-9H2. The second-order valence-electron chi connectivity index (χ2n) is 2.86. The Morgan fingerprint density at radius 1 is 1.40 bits per heavy atom. The molecule has 0 radical (unpaired) electrons. The summed E-state index contributed by atoms with van der Waals surface area (Å²) in [5.41, 5.74) is 11.0. The topological polar surface area (TPSA) is 55.3 Å². The first kappa shape index (κ1) is 7.98. The molecule has 1 aliphatic rings. The molecule has 3 heteroatoms. The summed E-state index contributed by atoms with van der Waals surface area (Å²) in [5.74, 6) is 0. The summed E-state index contributed by atoms with van der Waals surface area (Å²) in [5, 5.41) is 0. The maximum Gasteiger partial charge on any atom is 0.0219 e. The number of likely N-dealkylation sites (tertiary alicyclic amines) is 1. The molecule has 3 nitrogen and oxygen atoms in total. The minimum absolute atomic E-state index is 0.614. The lowest BCUT2D eigenvalue weighted by Crippen LogP contribution is -2.38. The molecule has 4 N–H and O–H groups in total. The fraction of sp³-hybridized carbons (Fsp3) is 1.00. The van der Waals surface area contributed by atoms with E-state index in [1.54, 1.807) is 0 Å². The van der Waals surface area contributed by atoms with Gasteiger partial charge >= 0.3 is 0 Å². The highest BCUT2D eigenvalue weighted by Gasteiger charge is 2.21. The Bertz CT molecular complexity index is 94.9. The van der Waals surface area contributed by atoms with Gasteiger partial charge in [0, 0.05) is 25.7 Å².